The van der Waals surface area contributed by atoms with Gasteiger partial charge >= 0.3 is 5.97 Å². The minimum absolute atomic E-state index is 0.0200. The SMILES string of the molecule is CCS(=O)(=O)CCOC(=O)c1cccc(N)c1OC. The van der Waals surface area contributed by atoms with E-state index in [1.165, 1.54) is 20.1 Å². The van der Waals surface area contributed by atoms with Gasteiger partial charge in [0.15, 0.2) is 15.6 Å². The molecule has 0 heterocycles. The molecule has 0 aliphatic rings. The van der Waals surface area contributed by atoms with Crippen molar-refractivity contribution < 1.29 is 22.7 Å². The summed E-state index contributed by atoms with van der Waals surface area (Å²) >= 11 is 0. The first-order valence-electron chi connectivity index (χ1n) is 5.71. The second-order valence-electron chi connectivity index (χ2n) is 3.80. The van der Waals surface area contributed by atoms with Gasteiger partial charge in [0.1, 0.15) is 12.2 Å². The van der Waals surface area contributed by atoms with Crippen molar-refractivity contribution in [1.29, 1.82) is 0 Å². The molecule has 1 aromatic carbocycles. The summed E-state index contributed by atoms with van der Waals surface area (Å²) in [6.45, 7) is 1.35. The molecule has 2 N–H and O–H groups in total. The summed E-state index contributed by atoms with van der Waals surface area (Å²) in [6.07, 6.45) is 0. The number of methoxy groups -OCH3 is 1. The van der Waals surface area contributed by atoms with Crippen LogP contribution in [0.5, 0.6) is 5.75 Å². The molecule has 1 aromatic rings. The quantitative estimate of drug-likeness (QED) is 0.616. The average molecular weight is 287 g/mol. The second-order valence-corrected chi connectivity index (χ2v) is 6.27. The number of hydrogen-bond acceptors (Lipinski definition) is 6. The van der Waals surface area contributed by atoms with Crippen molar-refractivity contribution >= 4 is 21.5 Å². The molecule has 0 saturated carbocycles. The number of anilines is 1. The van der Waals surface area contributed by atoms with Crippen molar-refractivity contribution in [1.82, 2.24) is 0 Å². The summed E-state index contributed by atoms with van der Waals surface area (Å²) in [6, 6.07) is 4.69. The highest BCUT2D eigenvalue weighted by Crippen LogP contribution is 2.26. The van der Waals surface area contributed by atoms with Crippen molar-refractivity contribution in [3.8, 4) is 5.75 Å². The number of nitrogens with two attached hydrogens (primary N) is 1. The fourth-order valence-corrected chi connectivity index (χ4v) is 2.05. The van der Waals surface area contributed by atoms with E-state index in [1.807, 2.05) is 0 Å². The van der Waals surface area contributed by atoms with Crippen molar-refractivity contribution in [2.24, 2.45) is 0 Å². The fraction of sp³-hybridized carbons (Fsp3) is 0.417. The van der Waals surface area contributed by atoms with Gasteiger partial charge in [-0.25, -0.2) is 13.2 Å². The minimum atomic E-state index is -3.15. The van der Waals surface area contributed by atoms with Gasteiger partial charge in [0, 0.05) is 5.75 Å². The zero-order chi connectivity index (χ0) is 14.5. The normalized spacial score (nSPS) is 11.1. The minimum Gasteiger partial charge on any atom is -0.494 e. The smallest absolute Gasteiger partial charge is 0.342 e. The molecule has 0 amide bonds. The Balaban J connectivity index is 2.72. The lowest BCUT2D eigenvalue weighted by atomic mass is 10.2. The summed E-state index contributed by atoms with van der Waals surface area (Å²) in [7, 11) is -1.76. The van der Waals surface area contributed by atoms with E-state index in [-0.39, 0.29) is 29.4 Å². The third-order valence-electron chi connectivity index (χ3n) is 2.54. The number of carbonyl (C=O) groups is 1. The molecular formula is C12H17NO5S. The van der Waals surface area contributed by atoms with Crippen LogP contribution < -0.4 is 10.5 Å². The molecule has 0 spiro atoms. The van der Waals surface area contributed by atoms with E-state index in [0.29, 0.717) is 5.69 Å². The number of para-hydroxylation sites is 1. The fourth-order valence-electron chi connectivity index (χ4n) is 1.43. The maximum atomic E-state index is 11.8. The molecule has 0 aliphatic heterocycles. The lowest BCUT2D eigenvalue weighted by Gasteiger charge is -2.10. The molecule has 0 radical (unpaired) electrons. The molecule has 19 heavy (non-hydrogen) atoms. The highest BCUT2D eigenvalue weighted by Gasteiger charge is 2.17. The van der Waals surface area contributed by atoms with Crippen LogP contribution in [0.25, 0.3) is 0 Å². The summed E-state index contributed by atoms with van der Waals surface area (Å²) in [5.74, 6) is -0.604. The molecule has 0 aliphatic carbocycles. The van der Waals surface area contributed by atoms with Crippen LogP contribution in [0, 0.1) is 0 Å². The molecule has 1 rings (SSSR count). The Hall–Kier alpha value is -1.76. The Morgan fingerprint density at radius 2 is 2.05 bits per heavy atom. The lowest BCUT2D eigenvalue weighted by molar-refractivity contribution is 0.0525. The molecule has 0 aromatic heterocycles. The molecule has 0 bridgehead atoms. The largest absolute Gasteiger partial charge is 0.494 e. The standard InChI is InChI=1S/C12H17NO5S/c1-3-19(15,16)8-7-18-12(14)9-5-4-6-10(13)11(9)17-2/h4-6H,3,7-8,13H2,1-2H3. The predicted molar refractivity (Wildman–Crippen MR) is 72.0 cm³/mol. The van der Waals surface area contributed by atoms with Crippen LogP contribution in [0.2, 0.25) is 0 Å². The van der Waals surface area contributed by atoms with Crippen LogP contribution in [-0.4, -0.2) is 39.6 Å². The van der Waals surface area contributed by atoms with Gasteiger partial charge in [-0.2, -0.15) is 0 Å². The Morgan fingerprint density at radius 3 is 2.63 bits per heavy atom. The van der Waals surface area contributed by atoms with Gasteiger partial charge in [0.2, 0.25) is 0 Å². The number of ether oxygens (including phenoxy) is 2. The average Bonchev–Trinajstić information content (AvgIpc) is 2.38. The highest BCUT2D eigenvalue weighted by atomic mass is 32.2. The summed E-state index contributed by atoms with van der Waals surface area (Å²) in [4.78, 5) is 11.8. The summed E-state index contributed by atoms with van der Waals surface area (Å²) in [5, 5.41) is 0. The van der Waals surface area contributed by atoms with Gasteiger partial charge in [-0.1, -0.05) is 13.0 Å². The number of sulfone groups is 1. The van der Waals surface area contributed by atoms with Gasteiger partial charge in [0.25, 0.3) is 0 Å². The van der Waals surface area contributed by atoms with E-state index < -0.39 is 15.8 Å². The third-order valence-corrected chi connectivity index (χ3v) is 4.21. The molecule has 6 nitrogen and oxygen atoms in total. The van der Waals surface area contributed by atoms with Crippen molar-refractivity contribution in [2.45, 2.75) is 6.92 Å². The van der Waals surface area contributed by atoms with Gasteiger partial charge in [0.05, 0.1) is 18.6 Å². The number of benzene rings is 1. The molecule has 0 fully saturated rings. The van der Waals surface area contributed by atoms with Gasteiger partial charge in [-0.15, -0.1) is 0 Å². The topological polar surface area (TPSA) is 95.7 Å². The highest BCUT2D eigenvalue weighted by molar-refractivity contribution is 7.91. The molecule has 106 valence electrons. The molecular weight excluding hydrogens is 270 g/mol. The molecule has 0 unspecified atom stereocenters. The Morgan fingerprint density at radius 1 is 1.37 bits per heavy atom. The first kappa shape index (κ1) is 15.3. The van der Waals surface area contributed by atoms with E-state index in [9.17, 15) is 13.2 Å². The van der Waals surface area contributed by atoms with Crippen molar-refractivity contribution in [3.05, 3.63) is 23.8 Å². The van der Waals surface area contributed by atoms with E-state index in [4.69, 9.17) is 15.2 Å². The number of esters is 1. The second kappa shape index (κ2) is 6.42. The van der Waals surface area contributed by atoms with Crippen LogP contribution in [0.15, 0.2) is 18.2 Å². The third kappa shape index (κ3) is 4.13. The molecule has 0 atom stereocenters. The summed E-state index contributed by atoms with van der Waals surface area (Å²) < 4.78 is 32.4. The van der Waals surface area contributed by atoms with E-state index in [0.717, 1.165) is 0 Å². The lowest BCUT2D eigenvalue weighted by Crippen LogP contribution is -2.17. The van der Waals surface area contributed by atoms with Crippen molar-refractivity contribution in [2.75, 3.05) is 31.0 Å². The Kier molecular flexibility index (Phi) is 5.17. The van der Waals surface area contributed by atoms with Gasteiger partial charge in [-0.05, 0) is 12.1 Å². The first-order chi connectivity index (χ1) is 8.91. The summed E-state index contributed by atoms with van der Waals surface area (Å²) in [5.41, 5.74) is 6.16. The first-order valence-corrected chi connectivity index (χ1v) is 7.53. The van der Waals surface area contributed by atoms with Crippen LogP contribution in [-0.2, 0) is 14.6 Å². The molecule has 7 heteroatoms. The zero-order valence-corrected chi connectivity index (χ0v) is 11.7. The van der Waals surface area contributed by atoms with E-state index in [1.54, 1.807) is 12.1 Å². The molecule has 0 saturated heterocycles. The Bertz CT molecular complexity index is 553. The number of carbonyl (C=O) groups excluding carboxylic acids is 1. The number of rotatable bonds is 6. The number of nitrogen functional groups attached to an aromatic ring is 1. The van der Waals surface area contributed by atoms with Crippen molar-refractivity contribution in [3.63, 3.8) is 0 Å². The Labute approximate surface area is 112 Å². The monoisotopic (exact) mass is 287 g/mol. The van der Waals surface area contributed by atoms with E-state index >= 15 is 0 Å². The van der Waals surface area contributed by atoms with Crippen LogP contribution in [0.1, 0.15) is 17.3 Å². The van der Waals surface area contributed by atoms with Crippen LogP contribution in [0.4, 0.5) is 5.69 Å². The maximum Gasteiger partial charge on any atom is 0.342 e. The van der Waals surface area contributed by atoms with Gasteiger partial charge in [-0.3, -0.25) is 0 Å². The maximum absolute atomic E-state index is 11.8. The van der Waals surface area contributed by atoms with E-state index in [2.05, 4.69) is 0 Å². The van der Waals surface area contributed by atoms with Crippen LogP contribution >= 0.6 is 0 Å². The zero-order valence-electron chi connectivity index (χ0n) is 10.9. The van der Waals surface area contributed by atoms with Gasteiger partial charge < -0.3 is 15.2 Å². The van der Waals surface area contributed by atoms with Crippen LogP contribution in [0.3, 0.4) is 0 Å². The number of hydrogen-bond donors (Lipinski definition) is 1. The predicted octanol–water partition coefficient (Wildman–Crippen LogP) is 0.869.